The number of aromatic nitrogens is 2. The van der Waals surface area contributed by atoms with E-state index in [0.29, 0.717) is 6.04 Å². The Morgan fingerprint density at radius 3 is 2.88 bits per heavy atom. The zero-order valence-corrected chi connectivity index (χ0v) is 10.8. The number of aryl methyl sites for hydroxylation is 1. The SMILES string of the molecule is CC(=CCCNC(C)C)Cc1cnn(C)c1. The summed E-state index contributed by atoms with van der Waals surface area (Å²) in [5, 5.41) is 7.57. The highest BCUT2D eigenvalue weighted by atomic mass is 15.2. The Morgan fingerprint density at radius 1 is 1.56 bits per heavy atom. The fourth-order valence-electron chi connectivity index (χ4n) is 1.65. The van der Waals surface area contributed by atoms with E-state index in [1.54, 1.807) is 0 Å². The molecule has 90 valence electrons. The monoisotopic (exact) mass is 221 g/mol. The number of rotatable bonds is 6. The summed E-state index contributed by atoms with van der Waals surface area (Å²) in [6.45, 7) is 7.59. The van der Waals surface area contributed by atoms with Gasteiger partial charge in [-0.15, -0.1) is 0 Å². The molecule has 0 spiro atoms. The van der Waals surface area contributed by atoms with Gasteiger partial charge >= 0.3 is 0 Å². The molecule has 0 saturated carbocycles. The van der Waals surface area contributed by atoms with Gasteiger partial charge in [0.05, 0.1) is 6.20 Å². The van der Waals surface area contributed by atoms with Gasteiger partial charge in [0.15, 0.2) is 0 Å². The highest BCUT2D eigenvalue weighted by Crippen LogP contribution is 2.06. The molecule has 1 rings (SSSR count). The van der Waals surface area contributed by atoms with Crippen molar-refractivity contribution in [1.29, 1.82) is 0 Å². The van der Waals surface area contributed by atoms with Crippen LogP contribution < -0.4 is 5.32 Å². The third-order valence-electron chi connectivity index (χ3n) is 2.43. The molecule has 3 nitrogen and oxygen atoms in total. The summed E-state index contributed by atoms with van der Waals surface area (Å²) in [5.41, 5.74) is 2.70. The molecule has 1 N–H and O–H groups in total. The molecule has 16 heavy (non-hydrogen) atoms. The first-order chi connectivity index (χ1) is 7.58. The Morgan fingerprint density at radius 2 is 2.31 bits per heavy atom. The fraction of sp³-hybridized carbons (Fsp3) is 0.615. The van der Waals surface area contributed by atoms with E-state index in [-0.39, 0.29) is 0 Å². The molecule has 1 heterocycles. The van der Waals surface area contributed by atoms with Crippen molar-refractivity contribution in [3.05, 3.63) is 29.6 Å². The van der Waals surface area contributed by atoms with Crippen molar-refractivity contribution in [3.8, 4) is 0 Å². The van der Waals surface area contributed by atoms with Crippen LogP contribution in [0.25, 0.3) is 0 Å². The number of nitrogens with one attached hydrogen (secondary N) is 1. The van der Waals surface area contributed by atoms with Gasteiger partial charge in [0.1, 0.15) is 0 Å². The first-order valence-corrected chi connectivity index (χ1v) is 5.94. The summed E-state index contributed by atoms with van der Waals surface area (Å²) in [5.74, 6) is 0. The molecule has 0 aromatic carbocycles. The lowest BCUT2D eigenvalue weighted by molar-refractivity contribution is 0.594. The highest BCUT2D eigenvalue weighted by molar-refractivity contribution is 5.14. The summed E-state index contributed by atoms with van der Waals surface area (Å²) in [6.07, 6.45) is 8.43. The molecule has 0 unspecified atom stereocenters. The van der Waals surface area contributed by atoms with Crippen molar-refractivity contribution in [1.82, 2.24) is 15.1 Å². The van der Waals surface area contributed by atoms with Gasteiger partial charge in [0.25, 0.3) is 0 Å². The Hall–Kier alpha value is -1.09. The van der Waals surface area contributed by atoms with Crippen LogP contribution in [0.3, 0.4) is 0 Å². The summed E-state index contributed by atoms with van der Waals surface area (Å²) < 4.78 is 1.85. The summed E-state index contributed by atoms with van der Waals surface area (Å²) in [6, 6.07) is 0.576. The van der Waals surface area contributed by atoms with Crippen LogP contribution in [0.4, 0.5) is 0 Å². The number of hydrogen-bond donors (Lipinski definition) is 1. The van der Waals surface area contributed by atoms with Crippen LogP contribution in [0, 0.1) is 0 Å². The first kappa shape index (κ1) is 13.0. The summed E-state index contributed by atoms with van der Waals surface area (Å²) in [4.78, 5) is 0. The van der Waals surface area contributed by atoms with Crippen LogP contribution in [0.5, 0.6) is 0 Å². The maximum Gasteiger partial charge on any atom is 0.0524 e. The Kier molecular flexibility index (Phi) is 5.26. The van der Waals surface area contributed by atoms with Crippen molar-refractivity contribution in [2.45, 2.75) is 39.7 Å². The van der Waals surface area contributed by atoms with Gasteiger partial charge in [0.2, 0.25) is 0 Å². The van der Waals surface area contributed by atoms with E-state index in [4.69, 9.17) is 0 Å². The van der Waals surface area contributed by atoms with Crippen molar-refractivity contribution in [2.24, 2.45) is 7.05 Å². The van der Waals surface area contributed by atoms with Crippen LogP contribution in [-0.2, 0) is 13.5 Å². The lowest BCUT2D eigenvalue weighted by Gasteiger charge is -2.06. The molecule has 1 aromatic heterocycles. The van der Waals surface area contributed by atoms with Crippen LogP contribution >= 0.6 is 0 Å². The van der Waals surface area contributed by atoms with Crippen molar-refractivity contribution in [2.75, 3.05) is 6.54 Å². The molecule has 0 atom stereocenters. The van der Waals surface area contributed by atoms with Gasteiger partial charge in [0, 0.05) is 19.3 Å². The predicted molar refractivity (Wildman–Crippen MR) is 68.4 cm³/mol. The first-order valence-electron chi connectivity index (χ1n) is 5.94. The van der Waals surface area contributed by atoms with Crippen molar-refractivity contribution in [3.63, 3.8) is 0 Å². The lowest BCUT2D eigenvalue weighted by Crippen LogP contribution is -2.23. The van der Waals surface area contributed by atoms with Crippen LogP contribution in [0.1, 0.15) is 32.8 Å². The van der Waals surface area contributed by atoms with Crippen LogP contribution in [0.2, 0.25) is 0 Å². The maximum absolute atomic E-state index is 4.17. The third-order valence-corrected chi connectivity index (χ3v) is 2.43. The number of allylic oxidation sites excluding steroid dienone is 1. The topological polar surface area (TPSA) is 29.9 Å². The lowest BCUT2D eigenvalue weighted by atomic mass is 10.1. The smallest absolute Gasteiger partial charge is 0.0524 e. The average molecular weight is 221 g/mol. The van der Waals surface area contributed by atoms with E-state index in [9.17, 15) is 0 Å². The second kappa shape index (κ2) is 6.48. The van der Waals surface area contributed by atoms with Gasteiger partial charge < -0.3 is 5.32 Å². The van der Waals surface area contributed by atoms with Crippen molar-refractivity contribution >= 4 is 0 Å². The Balaban J connectivity index is 2.29. The van der Waals surface area contributed by atoms with Gasteiger partial charge in [-0.1, -0.05) is 25.5 Å². The van der Waals surface area contributed by atoms with E-state index < -0.39 is 0 Å². The van der Waals surface area contributed by atoms with Gasteiger partial charge in [-0.3, -0.25) is 4.68 Å². The van der Waals surface area contributed by atoms with E-state index in [1.165, 1.54) is 11.1 Å². The third kappa shape index (κ3) is 5.12. The maximum atomic E-state index is 4.17. The molecule has 3 heteroatoms. The van der Waals surface area contributed by atoms with Gasteiger partial charge in [-0.05, 0) is 31.9 Å². The molecule has 0 fully saturated rings. The molecule has 0 bridgehead atoms. The van der Waals surface area contributed by atoms with E-state index in [1.807, 2.05) is 17.9 Å². The van der Waals surface area contributed by atoms with Crippen LogP contribution in [0.15, 0.2) is 24.0 Å². The molecule has 0 aliphatic heterocycles. The number of nitrogens with zero attached hydrogens (tertiary/aromatic N) is 2. The van der Waals surface area contributed by atoms with Gasteiger partial charge in [-0.25, -0.2) is 0 Å². The van der Waals surface area contributed by atoms with E-state index in [0.717, 1.165) is 19.4 Å². The minimum absolute atomic E-state index is 0.576. The van der Waals surface area contributed by atoms with E-state index in [2.05, 4.69) is 43.5 Å². The second-order valence-corrected chi connectivity index (χ2v) is 4.65. The largest absolute Gasteiger partial charge is 0.314 e. The molecule has 0 radical (unpaired) electrons. The Bertz CT molecular complexity index is 337. The molecular formula is C13H23N3. The zero-order valence-electron chi connectivity index (χ0n) is 10.8. The Labute approximate surface area is 98.5 Å². The zero-order chi connectivity index (χ0) is 12.0. The fourth-order valence-corrected chi connectivity index (χ4v) is 1.65. The van der Waals surface area contributed by atoms with E-state index >= 15 is 0 Å². The normalized spacial score (nSPS) is 12.4. The predicted octanol–water partition coefficient (Wildman–Crippen LogP) is 2.30. The van der Waals surface area contributed by atoms with Crippen LogP contribution in [-0.4, -0.2) is 22.4 Å². The molecule has 0 aliphatic rings. The quantitative estimate of drug-likeness (QED) is 0.590. The highest BCUT2D eigenvalue weighted by Gasteiger charge is 1.97. The van der Waals surface area contributed by atoms with Gasteiger partial charge in [-0.2, -0.15) is 5.10 Å². The second-order valence-electron chi connectivity index (χ2n) is 4.65. The van der Waals surface area contributed by atoms with Crippen molar-refractivity contribution < 1.29 is 0 Å². The molecular weight excluding hydrogens is 198 g/mol. The summed E-state index contributed by atoms with van der Waals surface area (Å²) in [7, 11) is 1.95. The molecule has 0 aliphatic carbocycles. The minimum Gasteiger partial charge on any atom is -0.314 e. The minimum atomic E-state index is 0.576. The summed E-state index contributed by atoms with van der Waals surface area (Å²) >= 11 is 0. The number of hydrogen-bond acceptors (Lipinski definition) is 2. The molecule has 0 amide bonds. The molecule has 0 saturated heterocycles. The average Bonchev–Trinajstić information content (AvgIpc) is 2.58. The standard InChI is InChI=1S/C13H23N3/c1-11(2)14-7-5-6-12(3)8-13-9-15-16(4)10-13/h6,9-11,14H,5,7-8H2,1-4H3. The molecule has 1 aromatic rings.